The molecular formula is C26H22FNO. The Labute approximate surface area is 169 Å². The van der Waals surface area contributed by atoms with E-state index in [-0.39, 0.29) is 5.82 Å². The maximum absolute atomic E-state index is 13.7. The Morgan fingerprint density at radius 3 is 2.59 bits per heavy atom. The number of hydrogen-bond acceptors (Lipinski definition) is 2. The number of rotatable bonds is 3. The van der Waals surface area contributed by atoms with E-state index in [4.69, 9.17) is 9.40 Å². The average molecular weight is 383 g/mol. The summed E-state index contributed by atoms with van der Waals surface area (Å²) in [5.41, 5.74) is 5.60. The zero-order valence-corrected chi connectivity index (χ0v) is 16.8. The molecule has 0 saturated heterocycles. The fourth-order valence-electron chi connectivity index (χ4n) is 4.21. The Hall–Kier alpha value is -3.20. The number of halogens is 1. The van der Waals surface area contributed by atoms with Crippen molar-refractivity contribution in [2.75, 3.05) is 0 Å². The third-order valence-corrected chi connectivity index (χ3v) is 5.41. The summed E-state index contributed by atoms with van der Waals surface area (Å²) in [4.78, 5) is 4.71. The van der Waals surface area contributed by atoms with Crippen molar-refractivity contribution in [1.82, 2.24) is 4.98 Å². The number of nitrogens with zero attached hydrogens (tertiary/aromatic N) is 1. The van der Waals surface area contributed by atoms with Crippen LogP contribution in [0.3, 0.4) is 0 Å². The van der Waals surface area contributed by atoms with E-state index in [1.165, 1.54) is 23.1 Å². The normalized spacial score (nSPS) is 11.9. The van der Waals surface area contributed by atoms with Gasteiger partial charge in [0.05, 0.1) is 5.69 Å². The first kappa shape index (κ1) is 17.9. The first-order valence-corrected chi connectivity index (χ1v) is 10.00. The van der Waals surface area contributed by atoms with E-state index in [0.717, 1.165) is 45.0 Å². The highest BCUT2D eigenvalue weighted by atomic mass is 19.1. The number of fused-ring (bicyclic) bond motifs is 4. The van der Waals surface area contributed by atoms with Gasteiger partial charge in [-0.25, -0.2) is 4.39 Å². The molecule has 0 saturated carbocycles. The molecule has 2 aromatic heterocycles. The minimum atomic E-state index is -0.296. The second kappa shape index (κ2) is 6.70. The number of pyridine rings is 1. The zero-order valence-electron chi connectivity index (χ0n) is 16.8. The highest BCUT2D eigenvalue weighted by Gasteiger charge is 2.16. The van der Waals surface area contributed by atoms with Gasteiger partial charge in [0.15, 0.2) is 0 Å². The van der Waals surface area contributed by atoms with Gasteiger partial charge in [0.1, 0.15) is 17.0 Å². The molecule has 0 aliphatic heterocycles. The monoisotopic (exact) mass is 383 g/mol. The van der Waals surface area contributed by atoms with Crippen molar-refractivity contribution >= 4 is 32.7 Å². The summed E-state index contributed by atoms with van der Waals surface area (Å²) >= 11 is 0. The molecule has 0 spiro atoms. The third-order valence-electron chi connectivity index (χ3n) is 5.41. The molecule has 2 nitrogen and oxygen atoms in total. The summed E-state index contributed by atoms with van der Waals surface area (Å²) in [6.07, 6.45) is 2.91. The Balaban J connectivity index is 1.79. The Kier molecular flexibility index (Phi) is 4.13. The van der Waals surface area contributed by atoms with Crippen molar-refractivity contribution < 1.29 is 8.81 Å². The van der Waals surface area contributed by atoms with Crippen molar-refractivity contribution in [3.63, 3.8) is 0 Å². The van der Waals surface area contributed by atoms with E-state index in [0.29, 0.717) is 11.5 Å². The van der Waals surface area contributed by atoms with Gasteiger partial charge in [0, 0.05) is 34.0 Å². The molecule has 0 aliphatic rings. The van der Waals surface area contributed by atoms with Crippen LogP contribution in [0.5, 0.6) is 0 Å². The van der Waals surface area contributed by atoms with E-state index in [1.807, 2.05) is 6.20 Å². The van der Waals surface area contributed by atoms with Crippen LogP contribution in [0, 0.1) is 18.7 Å². The first-order valence-electron chi connectivity index (χ1n) is 10.00. The van der Waals surface area contributed by atoms with Crippen LogP contribution in [0.1, 0.15) is 25.0 Å². The van der Waals surface area contributed by atoms with Crippen LogP contribution in [0.15, 0.2) is 65.2 Å². The number of benzene rings is 3. The van der Waals surface area contributed by atoms with Crippen molar-refractivity contribution in [2.24, 2.45) is 5.92 Å². The summed E-state index contributed by atoms with van der Waals surface area (Å²) < 4.78 is 19.9. The van der Waals surface area contributed by atoms with Gasteiger partial charge in [-0.3, -0.25) is 4.98 Å². The molecule has 0 fully saturated rings. The average Bonchev–Trinajstić information content (AvgIpc) is 3.03. The lowest BCUT2D eigenvalue weighted by Gasteiger charge is -2.10. The van der Waals surface area contributed by atoms with E-state index in [2.05, 4.69) is 57.2 Å². The van der Waals surface area contributed by atoms with Crippen molar-refractivity contribution in [2.45, 2.75) is 27.2 Å². The summed E-state index contributed by atoms with van der Waals surface area (Å²) in [6, 6.07) is 17.6. The molecule has 0 amide bonds. The van der Waals surface area contributed by atoms with Gasteiger partial charge in [0.25, 0.3) is 0 Å². The Morgan fingerprint density at radius 1 is 0.931 bits per heavy atom. The van der Waals surface area contributed by atoms with Gasteiger partial charge in [-0.2, -0.15) is 0 Å². The lowest BCUT2D eigenvalue weighted by molar-refractivity contribution is 0.618. The second-order valence-electron chi connectivity index (χ2n) is 8.24. The first-order chi connectivity index (χ1) is 14.0. The molecule has 0 radical (unpaired) electrons. The zero-order chi connectivity index (χ0) is 20.1. The molecule has 0 atom stereocenters. The number of aromatic nitrogens is 1. The molecule has 0 unspecified atom stereocenters. The molecule has 29 heavy (non-hydrogen) atoms. The van der Waals surface area contributed by atoms with Gasteiger partial charge in [-0.15, -0.1) is 0 Å². The topological polar surface area (TPSA) is 26.0 Å². The maximum atomic E-state index is 13.7. The fraction of sp³-hybridized carbons (Fsp3) is 0.192. The highest BCUT2D eigenvalue weighted by Crippen LogP contribution is 2.38. The summed E-state index contributed by atoms with van der Waals surface area (Å²) in [5.74, 6) is 0.317. The second-order valence-corrected chi connectivity index (χ2v) is 8.24. The van der Waals surface area contributed by atoms with E-state index in [9.17, 15) is 4.39 Å². The smallest absolute Gasteiger partial charge is 0.144 e. The summed E-state index contributed by atoms with van der Waals surface area (Å²) in [7, 11) is 0. The minimum absolute atomic E-state index is 0.296. The largest absolute Gasteiger partial charge is 0.455 e. The molecule has 5 aromatic rings. The summed E-state index contributed by atoms with van der Waals surface area (Å²) in [5, 5.41) is 4.18. The van der Waals surface area contributed by atoms with Crippen LogP contribution in [-0.2, 0) is 6.42 Å². The molecule has 0 N–H and O–H groups in total. The molecular weight excluding hydrogens is 361 g/mol. The fourth-order valence-corrected chi connectivity index (χ4v) is 4.21. The minimum Gasteiger partial charge on any atom is -0.455 e. The number of furan rings is 1. The molecule has 3 heteroatoms. The number of aryl methyl sites for hydroxylation is 1. The van der Waals surface area contributed by atoms with E-state index in [1.54, 1.807) is 6.07 Å². The molecule has 144 valence electrons. The van der Waals surface area contributed by atoms with Crippen LogP contribution in [-0.4, -0.2) is 4.98 Å². The molecule has 3 aromatic carbocycles. The Morgan fingerprint density at radius 2 is 1.76 bits per heavy atom. The Bertz CT molecular complexity index is 1380. The standard InChI is InChI=1S/C26H22FNO/c1-15(2)10-17-4-6-20-18(13-17)8-9-28-25(20)23-12-16(3)11-22-21-7-5-19(27)14-24(21)29-26(22)23/h4-9,11-15H,10H2,1-3H3. The highest BCUT2D eigenvalue weighted by molar-refractivity contribution is 6.11. The van der Waals surface area contributed by atoms with Crippen molar-refractivity contribution in [3.05, 3.63) is 77.7 Å². The molecule has 0 bridgehead atoms. The van der Waals surface area contributed by atoms with Gasteiger partial charge in [0.2, 0.25) is 0 Å². The molecule has 2 heterocycles. The van der Waals surface area contributed by atoms with Crippen LogP contribution >= 0.6 is 0 Å². The van der Waals surface area contributed by atoms with Gasteiger partial charge >= 0.3 is 0 Å². The van der Waals surface area contributed by atoms with E-state index < -0.39 is 0 Å². The number of hydrogen-bond donors (Lipinski definition) is 0. The SMILES string of the molecule is Cc1cc(-c2nccc3cc(CC(C)C)ccc23)c2oc3cc(F)ccc3c2c1. The lowest BCUT2D eigenvalue weighted by Crippen LogP contribution is -1.94. The third kappa shape index (κ3) is 3.07. The predicted molar refractivity (Wildman–Crippen MR) is 118 cm³/mol. The van der Waals surface area contributed by atoms with Gasteiger partial charge in [-0.1, -0.05) is 32.0 Å². The summed E-state index contributed by atoms with van der Waals surface area (Å²) in [6.45, 7) is 6.53. The van der Waals surface area contributed by atoms with Gasteiger partial charge < -0.3 is 4.42 Å². The predicted octanol–water partition coefficient (Wildman–Crippen LogP) is 7.45. The molecule has 0 aliphatic carbocycles. The lowest BCUT2D eigenvalue weighted by atomic mass is 9.96. The molecule has 5 rings (SSSR count). The van der Waals surface area contributed by atoms with E-state index >= 15 is 0 Å². The maximum Gasteiger partial charge on any atom is 0.144 e. The van der Waals surface area contributed by atoms with Gasteiger partial charge in [-0.05, 0) is 66.1 Å². The van der Waals surface area contributed by atoms with Crippen molar-refractivity contribution in [3.8, 4) is 11.3 Å². The van der Waals surface area contributed by atoms with Crippen molar-refractivity contribution in [1.29, 1.82) is 0 Å². The van der Waals surface area contributed by atoms with Crippen LogP contribution in [0.4, 0.5) is 4.39 Å². The van der Waals surface area contributed by atoms with Crippen LogP contribution < -0.4 is 0 Å². The van der Waals surface area contributed by atoms with Crippen LogP contribution in [0.2, 0.25) is 0 Å². The quantitative estimate of drug-likeness (QED) is 0.323. The van der Waals surface area contributed by atoms with Crippen LogP contribution in [0.25, 0.3) is 44.0 Å².